The molecule has 3 aromatic rings. The van der Waals surface area contributed by atoms with Crippen molar-refractivity contribution in [3.63, 3.8) is 0 Å². The van der Waals surface area contributed by atoms with E-state index < -0.39 is 11.9 Å². The average molecular weight is 531 g/mol. The average Bonchev–Trinajstić information content (AvgIpc) is 2.84. The molecule has 0 bridgehead atoms. The minimum atomic E-state index is -0.603. The van der Waals surface area contributed by atoms with Gasteiger partial charge in [0.2, 0.25) is 11.8 Å². The molecule has 0 saturated heterocycles. The van der Waals surface area contributed by atoms with Gasteiger partial charge in [-0.25, -0.2) is 19.6 Å². The van der Waals surface area contributed by atoms with Crippen LogP contribution in [-0.4, -0.2) is 58.3 Å². The van der Waals surface area contributed by atoms with E-state index in [-0.39, 0.29) is 45.4 Å². The Balaban J connectivity index is 2.01. The Bertz CT molecular complexity index is 1260. The van der Waals surface area contributed by atoms with E-state index in [1.54, 1.807) is 52.0 Å². The molecule has 190 valence electrons. The van der Waals surface area contributed by atoms with Gasteiger partial charge in [0.25, 0.3) is 0 Å². The van der Waals surface area contributed by atoms with E-state index in [1.165, 1.54) is 0 Å². The van der Waals surface area contributed by atoms with E-state index >= 15 is 0 Å². The van der Waals surface area contributed by atoms with Gasteiger partial charge in [0.05, 0.1) is 26.4 Å². The first-order chi connectivity index (χ1) is 17.3. The summed E-state index contributed by atoms with van der Waals surface area (Å²) in [5.74, 6) is 0.00480. The third-order valence-electron chi connectivity index (χ3n) is 4.74. The first kappa shape index (κ1) is 27.0. The van der Waals surface area contributed by atoms with Crippen LogP contribution in [0.2, 0.25) is 0 Å². The van der Waals surface area contributed by atoms with Crippen LogP contribution in [0, 0.1) is 9.28 Å². The zero-order chi connectivity index (χ0) is 26.2. The number of nitrogens with zero attached hydrogens (tertiary/aromatic N) is 2. The summed E-state index contributed by atoms with van der Waals surface area (Å²) in [6, 6.07) is 7.17. The molecule has 12 heteroatoms. The molecule has 0 unspecified atom stereocenters. The van der Waals surface area contributed by atoms with Crippen molar-refractivity contribution in [1.29, 1.82) is 0 Å². The molecule has 0 atom stereocenters. The topological polar surface area (TPSA) is 128 Å². The number of carbonyl (C=O) groups excluding carboxylic acids is 2. The van der Waals surface area contributed by atoms with Crippen molar-refractivity contribution in [3.05, 3.63) is 44.7 Å². The fraction of sp³-hybridized carbons (Fsp3) is 0.333. The van der Waals surface area contributed by atoms with Crippen molar-refractivity contribution in [2.45, 2.75) is 27.7 Å². The van der Waals surface area contributed by atoms with Crippen molar-refractivity contribution >= 4 is 36.4 Å². The van der Waals surface area contributed by atoms with Gasteiger partial charge in [0.1, 0.15) is 20.9 Å². The normalized spacial score (nSPS) is 10.6. The molecular formula is C24H26N4O6S2. The number of rotatable bonds is 10. The molecule has 3 rings (SSSR count). The number of aromatic amines is 2. The van der Waals surface area contributed by atoms with Gasteiger partial charge in [-0.05, 0) is 27.7 Å². The van der Waals surface area contributed by atoms with Crippen LogP contribution in [0.25, 0.3) is 22.8 Å². The smallest absolute Gasteiger partial charge is 0.346 e. The molecule has 0 spiro atoms. The van der Waals surface area contributed by atoms with Crippen molar-refractivity contribution in [3.8, 4) is 34.5 Å². The maximum absolute atomic E-state index is 12.3. The van der Waals surface area contributed by atoms with Crippen LogP contribution in [0.3, 0.4) is 0 Å². The number of esters is 2. The van der Waals surface area contributed by atoms with Gasteiger partial charge in [0.15, 0.2) is 11.1 Å². The largest absolute Gasteiger partial charge is 0.479 e. The van der Waals surface area contributed by atoms with Crippen LogP contribution in [0.5, 0.6) is 11.8 Å². The molecular weight excluding hydrogens is 504 g/mol. The molecule has 36 heavy (non-hydrogen) atoms. The highest BCUT2D eigenvalue weighted by molar-refractivity contribution is 7.71. The zero-order valence-corrected chi connectivity index (χ0v) is 21.9. The van der Waals surface area contributed by atoms with E-state index in [2.05, 4.69) is 19.9 Å². The van der Waals surface area contributed by atoms with Gasteiger partial charge in [-0.3, -0.25) is 0 Å². The molecule has 10 nitrogen and oxygen atoms in total. The monoisotopic (exact) mass is 530 g/mol. The number of hydrogen-bond acceptors (Lipinski definition) is 10. The lowest BCUT2D eigenvalue weighted by Gasteiger charge is -2.13. The molecule has 0 aliphatic rings. The molecule has 0 fully saturated rings. The van der Waals surface area contributed by atoms with Crippen LogP contribution in [0.15, 0.2) is 24.3 Å². The summed E-state index contributed by atoms with van der Waals surface area (Å²) >= 11 is 10.7. The molecule has 0 aliphatic heterocycles. The molecule has 0 amide bonds. The fourth-order valence-electron chi connectivity index (χ4n) is 3.24. The highest BCUT2D eigenvalue weighted by atomic mass is 32.1. The second kappa shape index (κ2) is 12.4. The molecule has 0 aliphatic carbocycles. The number of carbonyl (C=O) groups is 2. The fourth-order valence-corrected chi connectivity index (χ4v) is 3.77. The van der Waals surface area contributed by atoms with Crippen LogP contribution in [0.4, 0.5) is 0 Å². The molecule has 0 radical (unpaired) electrons. The van der Waals surface area contributed by atoms with Crippen molar-refractivity contribution in [2.24, 2.45) is 0 Å². The third kappa shape index (κ3) is 5.94. The standard InChI is InChI=1S/C24H26N4O6S2/c1-5-31-19-15(23(29)33-7-3)21(35)27-17(25-19)13-9-11-14(12-10-13)18-26-20(32-6-2)16(22(36)28-18)24(30)34-8-4/h9-12H,5-8H2,1-4H3,(H,25,27,35)(H,26,28,36). The SMILES string of the molecule is CCOC(=O)c1c(OCC)[nH]c(-c2ccc(-c3nc(=S)c(C(=O)OCC)c(OCC)[nH]3)cc2)nc1=S. The lowest BCUT2D eigenvalue weighted by molar-refractivity contribution is 0.0509. The van der Waals surface area contributed by atoms with Crippen LogP contribution in [0.1, 0.15) is 48.4 Å². The number of ether oxygens (including phenoxy) is 4. The predicted octanol–water partition coefficient (Wildman–Crippen LogP) is 5.08. The number of aromatic nitrogens is 4. The Morgan fingerprint density at radius 3 is 1.36 bits per heavy atom. The minimum absolute atomic E-state index is 0.0661. The highest BCUT2D eigenvalue weighted by Gasteiger charge is 2.21. The number of hydrogen-bond donors (Lipinski definition) is 2. The predicted molar refractivity (Wildman–Crippen MR) is 138 cm³/mol. The van der Waals surface area contributed by atoms with E-state index in [4.69, 9.17) is 43.4 Å². The lowest BCUT2D eigenvalue weighted by atomic mass is 10.1. The Labute approximate surface area is 218 Å². The van der Waals surface area contributed by atoms with E-state index in [0.717, 1.165) is 0 Å². The van der Waals surface area contributed by atoms with Gasteiger partial charge in [0, 0.05) is 11.1 Å². The number of nitrogens with one attached hydrogen (secondary N) is 2. The molecule has 2 aromatic heterocycles. The summed E-state index contributed by atoms with van der Waals surface area (Å²) < 4.78 is 21.5. The van der Waals surface area contributed by atoms with Crippen molar-refractivity contribution in [1.82, 2.24) is 19.9 Å². The zero-order valence-electron chi connectivity index (χ0n) is 20.3. The van der Waals surface area contributed by atoms with E-state index in [9.17, 15) is 9.59 Å². The van der Waals surface area contributed by atoms with Gasteiger partial charge in [-0.15, -0.1) is 0 Å². The summed E-state index contributed by atoms with van der Waals surface area (Å²) in [7, 11) is 0. The maximum atomic E-state index is 12.3. The van der Waals surface area contributed by atoms with E-state index in [1.807, 2.05) is 0 Å². The molecule has 2 heterocycles. The summed E-state index contributed by atoms with van der Waals surface area (Å²) in [6.45, 7) is 8.03. The Kier molecular flexibility index (Phi) is 9.25. The van der Waals surface area contributed by atoms with Crippen molar-refractivity contribution in [2.75, 3.05) is 26.4 Å². The van der Waals surface area contributed by atoms with Crippen LogP contribution >= 0.6 is 24.4 Å². The number of benzene rings is 1. The Morgan fingerprint density at radius 2 is 1.06 bits per heavy atom. The summed E-state index contributed by atoms with van der Waals surface area (Å²) in [5.41, 5.74) is 1.54. The van der Waals surface area contributed by atoms with Gasteiger partial charge >= 0.3 is 11.9 Å². The van der Waals surface area contributed by atoms with Crippen molar-refractivity contribution < 1.29 is 28.5 Å². The second-order valence-electron chi connectivity index (χ2n) is 7.07. The second-order valence-corrected chi connectivity index (χ2v) is 7.85. The lowest BCUT2D eigenvalue weighted by Crippen LogP contribution is -2.12. The third-order valence-corrected chi connectivity index (χ3v) is 5.33. The van der Waals surface area contributed by atoms with Crippen LogP contribution in [-0.2, 0) is 9.47 Å². The van der Waals surface area contributed by atoms with E-state index in [0.29, 0.717) is 36.0 Å². The highest BCUT2D eigenvalue weighted by Crippen LogP contribution is 2.27. The molecule has 2 N–H and O–H groups in total. The summed E-state index contributed by atoms with van der Waals surface area (Å²) in [5, 5.41) is 0. The molecule has 1 aromatic carbocycles. The maximum Gasteiger partial charge on any atom is 0.346 e. The summed E-state index contributed by atoms with van der Waals surface area (Å²) in [6.07, 6.45) is 0. The first-order valence-corrected chi connectivity index (χ1v) is 12.1. The summed E-state index contributed by atoms with van der Waals surface area (Å²) in [4.78, 5) is 39.4. The number of H-pyrrole nitrogens is 2. The quantitative estimate of drug-likeness (QED) is 0.270. The van der Waals surface area contributed by atoms with Gasteiger partial charge < -0.3 is 28.9 Å². The van der Waals surface area contributed by atoms with Gasteiger partial charge in [-0.2, -0.15) is 0 Å². The minimum Gasteiger partial charge on any atom is -0.479 e. The van der Waals surface area contributed by atoms with Gasteiger partial charge in [-0.1, -0.05) is 48.7 Å². The first-order valence-electron chi connectivity index (χ1n) is 11.3. The molecule has 0 saturated carbocycles. The Morgan fingerprint density at radius 1 is 0.694 bits per heavy atom. The Hall–Kier alpha value is -3.64. The van der Waals surface area contributed by atoms with Crippen LogP contribution < -0.4 is 9.47 Å².